The molecule has 0 bridgehead atoms. The average molecular weight is 152 g/mol. The second-order valence-electron chi connectivity index (χ2n) is 1.92. The lowest BCUT2D eigenvalue weighted by Crippen LogP contribution is -1.91. The van der Waals surface area contributed by atoms with E-state index in [2.05, 4.69) is 11.8 Å². The van der Waals surface area contributed by atoms with Crippen molar-refractivity contribution in [2.75, 3.05) is 0 Å². The molecule has 2 heteroatoms. The van der Waals surface area contributed by atoms with Crippen molar-refractivity contribution in [3.05, 3.63) is 22.4 Å². The number of hydrogen-bond acceptors (Lipinski definition) is 2. The van der Waals surface area contributed by atoms with E-state index in [9.17, 15) is 0 Å². The highest BCUT2D eigenvalue weighted by Crippen LogP contribution is 2.05. The first-order chi connectivity index (χ1) is 4.79. The molecular weight excluding hydrogens is 144 g/mol. The van der Waals surface area contributed by atoms with E-state index in [4.69, 9.17) is 5.11 Å². The molecule has 10 heavy (non-hydrogen) atoms. The van der Waals surface area contributed by atoms with Crippen LogP contribution in [0.1, 0.15) is 11.8 Å². The Balaban J connectivity index is 2.66. The Morgan fingerprint density at radius 1 is 1.70 bits per heavy atom. The van der Waals surface area contributed by atoms with Gasteiger partial charge in [0.2, 0.25) is 0 Å². The maximum absolute atomic E-state index is 8.78. The minimum atomic E-state index is -0.526. The van der Waals surface area contributed by atoms with Crippen LogP contribution in [0.3, 0.4) is 0 Å². The van der Waals surface area contributed by atoms with E-state index in [1.165, 1.54) is 0 Å². The monoisotopic (exact) mass is 152 g/mol. The van der Waals surface area contributed by atoms with Crippen molar-refractivity contribution >= 4 is 11.3 Å². The van der Waals surface area contributed by atoms with Crippen molar-refractivity contribution in [3.63, 3.8) is 0 Å². The van der Waals surface area contributed by atoms with Crippen molar-refractivity contribution in [3.8, 4) is 11.8 Å². The zero-order valence-electron chi connectivity index (χ0n) is 5.66. The Labute approximate surface area is 64.3 Å². The van der Waals surface area contributed by atoms with Gasteiger partial charge in [0.25, 0.3) is 0 Å². The van der Waals surface area contributed by atoms with Crippen LogP contribution in [-0.4, -0.2) is 11.2 Å². The molecule has 1 N–H and O–H groups in total. The van der Waals surface area contributed by atoms with Gasteiger partial charge in [0, 0.05) is 0 Å². The van der Waals surface area contributed by atoms with Crippen LogP contribution >= 0.6 is 11.3 Å². The molecule has 0 aliphatic carbocycles. The third kappa shape index (κ3) is 2.22. The summed E-state index contributed by atoms with van der Waals surface area (Å²) >= 11 is 1.58. The van der Waals surface area contributed by atoms with E-state index >= 15 is 0 Å². The van der Waals surface area contributed by atoms with E-state index in [0.717, 1.165) is 4.88 Å². The van der Waals surface area contributed by atoms with Crippen LogP contribution in [0.2, 0.25) is 0 Å². The van der Waals surface area contributed by atoms with Crippen LogP contribution in [0.4, 0.5) is 0 Å². The van der Waals surface area contributed by atoms with Crippen molar-refractivity contribution in [1.29, 1.82) is 0 Å². The van der Waals surface area contributed by atoms with Crippen LogP contribution < -0.4 is 0 Å². The van der Waals surface area contributed by atoms with E-state index in [0.29, 0.717) is 0 Å². The fourth-order valence-corrected chi connectivity index (χ4v) is 1.10. The Morgan fingerprint density at radius 2 is 2.50 bits per heavy atom. The van der Waals surface area contributed by atoms with E-state index in [1.807, 2.05) is 17.5 Å². The minimum Gasteiger partial charge on any atom is -0.381 e. The molecule has 0 aliphatic rings. The lowest BCUT2D eigenvalue weighted by atomic mass is 10.4. The number of thiophene rings is 1. The van der Waals surface area contributed by atoms with Gasteiger partial charge in [-0.1, -0.05) is 17.9 Å². The molecule has 0 fully saturated rings. The van der Waals surface area contributed by atoms with E-state index in [-0.39, 0.29) is 0 Å². The highest BCUT2D eigenvalue weighted by molar-refractivity contribution is 7.10. The van der Waals surface area contributed by atoms with Crippen molar-refractivity contribution in [2.24, 2.45) is 0 Å². The summed E-state index contributed by atoms with van der Waals surface area (Å²) < 4.78 is 0. The number of aliphatic hydroxyl groups is 1. The van der Waals surface area contributed by atoms with Gasteiger partial charge in [-0.2, -0.15) is 0 Å². The summed E-state index contributed by atoms with van der Waals surface area (Å²) in [5.74, 6) is 5.51. The fourth-order valence-electron chi connectivity index (χ4n) is 0.525. The molecule has 1 aromatic heterocycles. The number of rotatable bonds is 0. The van der Waals surface area contributed by atoms with Gasteiger partial charge >= 0.3 is 0 Å². The SMILES string of the molecule is C[C@H](O)C#Cc1cccs1. The molecule has 0 spiro atoms. The lowest BCUT2D eigenvalue weighted by Gasteiger charge is -1.84. The van der Waals surface area contributed by atoms with E-state index in [1.54, 1.807) is 18.3 Å². The first-order valence-corrected chi connectivity index (χ1v) is 3.90. The van der Waals surface area contributed by atoms with Gasteiger partial charge in [-0.3, -0.25) is 0 Å². The summed E-state index contributed by atoms with van der Waals surface area (Å²) in [5, 5.41) is 10.7. The van der Waals surface area contributed by atoms with Gasteiger partial charge < -0.3 is 5.11 Å². The Bertz CT molecular complexity index is 238. The summed E-state index contributed by atoms with van der Waals surface area (Å²) in [6, 6.07) is 3.87. The zero-order valence-corrected chi connectivity index (χ0v) is 6.48. The Morgan fingerprint density at radius 3 is 3.00 bits per heavy atom. The maximum atomic E-state index is 8.78. The summed E-state index contributed by atoms with van der Waals surface area (Å²) in [7, 11) is 0. The van der Waals surface area contributed by atoms with Gasteiger partial charge in [-0.15, -0.1) is 11.3 Å². The molecule has 1 aromatic rings. The predicted molar refractivity (Wildman–Crippen MR) is 42.9 cm³/mol. The molecular formula is C8H8OS. The second-order valence-corrected chi connectivity index (χ2v) is 2.87. The van der Waals surface area contributed by atoms with Gasteiger partial charge in [-0.05, 0) is 18.4 Å². The van der Waals surface area contributed by atoms with Gasteiger partial charge in [0.05, 0.1) is 4.88 Å². The zero-order chi connectivity index (χ0) is 7.40. The minimum absolute atomic E-state index is 0.526. The molecule has 52 valence electrons. The molecule has 0 saturated heterocycles. The lowest BCUT2D eigenvalue weighted by molar-refractivity contribution is 0.253. The van der Waals surface area contributed by atoms with Crippen LogP contribution in [0.15, 0.2) is 17.5 Å². The molecule has 1 nitrogen and oxygen atoms in total. The first kappa shape index (κ1) is 7.33. The number of aliphatic hydroxyl groups excluding tert-OH is 1. The Hall–Kier alpha value is -0.780. The second kappa shape index (κ2) is 3.40. The molecule has 0 unspecified atom stereocenters. The largest absolute Gasteiger partial charge is 0.381 e. The fraction of sp³-hybridized carbons (Fsp3) is 0.250. The third-order valence-electron chi connectivity index (χ3n) is 0.925. The smallest absolute Gasteiger partial charge is 0.112 e. The maximum Gasteiger partial charge on any atom is 0.112 e. The summed E-state index contributed by atoms with van der Waals surface area (Å²) in [4.78, 5) is 1.00. The molecule has 0 radical (unpaired) electrons. The van der Waals surface area contributed by atoms with Crippen molar-refractivity contribution in [2.45, 2.75) is 13.0 Å². The standard InChI is InChI=1S/C8H8OS/c1-7(9)4-5-8-3-2-6-10-8/h2-3,6-7,9H,1H3/t7-/m0/s1. The average Bonchev–Trinajstić information content (AvgIpc) is 2.34. The summed E-state index contributed by atoms with van der Waals surface area (Å²) in [6.07, 6.45) is -0.526. The van der Waals surface area contributed by atoms with Crippen LogP contribution in [0.25, 0.3) is 0 Å². The van der Waals surface area contributed by atoms with Gasteiger partial charge in [0.15, 0.2) is 0 Å². The molecule has 1 atom stereocenters. The molecule has 0 aliphatic heterocycles. The number of hydrogen-bond donors (Lipinski definition) is 1. The highest BCUT2D eigenvalue weighted by Gasteiger charge is 1.85. The highest BCUT2D eigenvalue weighted by atomic mass is 32.1. The van der Waals surface area contributed by atoms with Crippen LogP contribution in [0, 0.1) is 11.8 Å². The van der Waals surface area contributed by atoms with Crippen molar-refractivity contribution < 1.29 is 5.11 Å². The predicted octanol–water partition coefficient (Wildman–Crippen LogP) is 1.48. The summed E-state index contributed by atoms with van der Waals surface area (Å²) in [5.41, 5.74) is 0. The third-order valence-corrected chi connectivity index (χ3v) is 1.71. The molecule has 1 rings (SSSR count). The normalized spacial score (nSPS) is 11.8. The Kier molecular flexibility index (Phi) is 2.49. The molecule has 0 saturated carbocycles. The van der Waals surface area contributed by atoms with Crippen LogP contribution in [-0.2, 0) is 0 Å². The van der Waals surface area contributed by atoms with Crippen LogP contribution in [0.5, 0.6) is 0 Å². The summed E-state index contributed by atoms with van der Waals surface area (Å²) in [6.45, 7) is 1.65. The first-order valence-electron chi connectivity index (χ1n) is 3.02. The molecule has 0 amide bonds. The molecule has 0 aromatic carbocycles. The molecule has 1 heterocycles. The van der Waals surface area contributed by atoms with Crippen molar-refractivity contribution in [1.82, 2.24) is 0 Å². The van der Waals surface area contributed by atoms with Gasteiger partial charge in [0.1, 0.15) is 6.10 Å². The topological polar surface area (TPSA) is 20.2 Å². The quantitative estimate of drug-likeness (QED) is 0.558. The van der Waals surface area contributed by atoms with Gasteiger partial charge in [-0.25, -0.2) is 0 Å². The van der Waals surface area contributed by atoms with E-state index < -0.39 is 6.10 Å².